The topological polar surface area (TPSA) is 55.8 Å². The number of rotatable bonds is 8. The molecule has 0 saturated carbocycles. The van der Waals surface area contributed by atoms with E-state index < -0.39 is 5.97 Å². The van der Waals surface area contributed by atoms with Gasteiger partial charge in [-0.25, -0.2) is 4.79 Å². The molecule has 0 aliphatic rings. The standard InChI is InChI=1S/C23H27Br2NO4/c1-14(2)26(15(3)4)21(27)13-30-23(28)18-8-6-17(7-9-18)12-29-22-19(24)10-16(5)11-20(22)25/h6-11,14-15H,12-13H2,1-5H3. The minimum Gasteiger partial charge on any atom is -0.487 e. The van der Waals surface area contributed by atoms with Crippen LogP contribution in [0.2, 0.25) is 0 Å². The first-order chi connectivity index (χ1) is 14.1. The lowest BCUT2D eigenvalue weighted by Gasteiger charge is -2.30. The van der Waals surface area contributed by atoms with E-state index in [0.717, 1.165) is 25.8 Å². The van der Waals surface area contributed by atoms with Crippen molar-refractivity contribution in [2.45, 2.75) is 53.3 Å². The molecule has 0 fully saturated rings. The highest BCUT2D eigenvalue weighted by Gasteiger charge is 2.21. The van der Waals surface area contributed by atoms with Crippen molar-refractivity contribution in [3.05, 3.63) is 62.0 Å². The third-order valence-corrected chi connectivity index (χ3v) is 5.62. The Bertz CT molecular complexity index is 864. The molecule has 5 nitrogen and oxygen atoms in total. The summed E-state index contributed by atoms with van der Waals surface area (Å²) in [6.45, 7) is 9.85. The van der Waals surface area contributed by atoms with Crippen LogP contribution in [-0.2, 0) is 16.1 Å². The molecular formula is C23H27Br2NO4. The number of benzene rings is 2. The van der Waals surface area contributed by atoms with Crippen LogP contribution in [0.15, 0.2) is 45.3 Å². The maximum Gasteiger partial charge on any atom is 0.338 e. The number of ether oxygens (including phenoxy) is 2. The number of halogens is 2. The number of amides is 1. The van der Waals surface area contributed by atoms with Crippen molar-refractivity contribution in [3.8, 4) is 5.75 Å². The minimum atomic E-state index is -0.521. The highest BCUT2D eigenvalue weighted by molar-refractivity contribution is 9.11. The molecule has 0 heterocycles. The summed E-state index contributed by atoms with van der Waals surface area (Å²) in [4.78, 5) is 26.3. The summed E-state index contributed by atoms with van der Waals surface area (Å²) in [6, 6.07) is 11.0. The minimum absolute atomic E-state index is 0.0455. The quantitative estimate of drug-likeness (QED) is 0.391. The molecule has 0 aliphatic carbocycles. The van der Waals surface area contributed by atoms with Crippen LogP contribution in [0, 0.1) is 6.92 Å². The van der Waals surface area contributed by atoms with Crippen molar-refractivity contribution in [3.63, 3.8) is 0 Å². The third-order valence-electron chi connectivity index (χ3n) is 4.44. The third kappa shape index (κ3) is 6.57. The van der Waals surface area contributed by atoms with E-state index in [9.17, 15) is 9.59 Å². The summed E-state index contributed by atoms with van der Waals surface area (Å²) in [5.74, 6) is 0.00221. The summed E-state index contributed by atoms with van der Waals surface area (Å²) in [6.07, 6.45) is 0. The highest BCUT2D eigenvalue weighted by Crippen LogP contribution is 2.35. The number of carbonyl (C=O) groups is 2. The fourth-order valence-corrected chi connectivity index (χ4v) is 4.82. The Labute approximate surface area is 195 Å². The van der Waals surface area contributed by atoms with Gasteiger partial charge >= 0.3 is 5.97 Å². The summed E-state index contributed by atoms with van der Waals surface area (Å²) >= 11 is 7.02. The van der Waals surface area contributed by atoms with Gasteiger partial charge in [-0.05, 0) is 102 Å². The number of hydrogen-bond acceptors (Lipinski definition) is 4. The predicted octanol–water partition coefficient (Wildman–Crippen LogP) is 5.90. The van der Waals surface area contributed by atoms with E-state index in [4.69, 9.17) is 9.47 Å². The van der Waals surface area contributed by atoms with Crippen molar-refractivity contribution < 1.29 is 19.1 Å². The van der Waals surface area contributed by atoms with Gasteiger partial charge in [-0.2, -0.15) is 0 Å². The fraction of sp³-hybridized carbons (Fsp3) is 0.391. The molecular weight excluding hydrogens is 514 g/mol. The molecule has 162 valence electrons. The van der Waals surface area contributed by atoms with Gasteiger partial charge in [-0.15, -0.1) is 0 Å². The zero-order chi connectivity index (χ0) is 22.4. The van der Waals surface area contributed by atoms with Gasteiger partial charge in [0.25, 0.3) is 5.91 Å². The van der Waals surface area contributed by atoms with E-state index in [2.05, 4.69) is 31.9 Å². The maximum absolute atomic E-state index is 12.3. The van der Waals surface area contributed by atoms with Crippen molar-refractivity contribution in [1.29, 1.82) is 0 Å². The van der Waals surface area contributed by atoms with Gasteiger partial charge < -0.3 is 14.4 Å². The second kappa shape index (κ2) is 11.0. The van der Waals surface area contributed by atoms with Crippen LogP contribution in [0.25, 0.3) is 0 Å². The van der Waals surface area contributed by atoms with Gasteiger partial charge in [-0.1, -0.05) is 12.1 Å². The summed E-state index contributed by atoms with van der Waals surface area (Å²) in [5.41, 5.74) is 2.42. The highest BCUT2D eigenvalue weighted by atomic mass is 79.9. The number of aryl methyl sites for hydroxylation is 1. The van der Waals surface area contributed by atoms with Crippen molar-refractivity contribution in [2.75, 3.05) is 6.61 Å². The van der Waals surface area contributed by atoms with Gasteiger partial charge in [0.05, 0.1) is 14.5 Å². The lowest BCUT2D eigenvalue weighted by Crippen LogP contribution is -2.44. The van der Waals surface area contributed by atoms with Gasteiger partial charge in [0.2, 0.25) is 0 Å². The smallest absolute Gasteiger partial charge is 0.338 e. The van der Waals surface area contributed by atoms with Gasteiger partial charge in [0.1, 0.15) is 12.4 Å². The largest absolute Gasteiger partial charge is 0.487 e. The van der Waals surface area contributed by atoms with Crippen molar-refractivity contribution in [2.24, 2.45) is 0 Å². The van der Waals surface area contributed by atoms with Crippen LogP contribution in [0.3, 0.4) is 0 Å². The first kappa shape index (κ1) is 24.4. The molecule has 30 heavy (non-hydrogen) atoms. The molecule has 2 aromatic rings. The SMILES string of the molecule is Cc1cc(Br)c(OCc2ccc(C(=O)OCC(=O)N(C(C)C)C(C)C)cc2)c(Br)c1. The first-order valence-corrected chi connectivity index (χ1v) is 11.3. The van der Waals surface area contributed by atoms with Crippen molar-refractivity contribution >= 4 is 43.7 Å². The van der Waals surface area contributed by atoms with Gasteiger partial charge in [0.15, 0.2) is 6.61 Å². The lowest BCUT2D eigenvalue weighted by molar-refractivity contribution is -0.138. The van der Waals surface area contributed by atoms with Gasteiger partial charge in [-0.3, -0.25) is 4.79 Å². The van der Waals surface area contributed by atoms with E-state index in [1.807, 2.05) is 58.9 Å². The molecule has 0 saturated heterocycles. The van der Waals surface area contributed by atoms with E-state index in [1.54, 1.807) is 17.0 Å². The average molecular weight is 541 g/mol. The summed E-state index contributed by atoms with van der Waals surface area (Å²) in [7, 11) is 0. The molecule has 0 spiro atoms. The Hall–Kier alpha value is -1.86. The Morgan fingerprint density at radius 1 is 0.967 bits per heavy atom. The molecule has 0 N–H and O–H groups in total. The fourth-order valence-electron chi connectivity index (χ4n) is 3.17. The molecule has 2 aromatic carbocycles. The molecule has 0 unspecified atom stereocenters. The number of esters is 1. The Kier molecular flexibility index (Phi) is 8.92. The molecule has 0 atom stereocenters. The molecule has 2 rings (SSSR count). The molecule has 0 bridgehead atoms. The Balaban J connectivity index is 1.94. The molecule has 0 aromatic heterocycles. The summed E-state index contributed by atoms with van der Waals surface area (Å²) < 4.78 is 12.9. The zero-order valence-electron chi connectivity index (χ0n) is 17.9. The molecule has 1 amide bonds. The van der Waals surface area contributed by atoms with Crippen molar-refractivity contribution in [1.82, 2.24) is 4.90 Å². The number of nitrogens with zero attached hydrogens (tertiary/aromatic N) is 1. The number of carbonyl (C=O) groups excluding carboxylic acids is 2. The van der Waals surface area contributed by atoms with Gasteiger partial charge in [0, 0.05) is 12.1 Å². The van der Waals surface area contributed by atoms with E-state index in [-0.39, 0.29) is 24.6 Å². The lowest BCUT2D eigenvalue weighted by atomic mass is 10.1. The van der Waals surface area contributed by atoms with Crippen LogP contribution in [0.5, 0.6) is 5.75 Å². The summed E-state index contributed by atoms with van der Waals surface area (Å²) in [5, 5.41) is 0. The van der Waals surface area contributed by atoms with Crippen LogP contribution in [0.1, 0.15) is 49.2 Å². The molecule has 0 aliphatic heterocycles. The molecule has 0 radical (unpaired) electrons. The van der Waals surface area contributed by atoms with Crippen LogP contribution in [0.4, 0.5) is 0 Å². The number of hydrogen-bond donors (Lipinski definition) is 0. The monoisotopic (exact) mass is 539 g/mol. The van der Waals surface area contributed by atoms with E-state index in [1.165, 1.54) is 0 Å². The Morgan fingerprint density at radius 2 is 1.50 bits per heavy atom. The molecule has 7 heteroatoms. The maximum atomic E-state index is 12.3. The Morgan fingerprint density at radius 3 is 2.00 bits per heavy atom. The predicted molar refractivity (Wildman–Crippen MR) is 125 cm³/mol. The average Bonchev–Trinajstić information content (AvgIpc) is 2.65. The van der Waals surface area contributed by atoms with Crippen LogP contribution >= 0.6 is 31.9 Å². The first-order valence-electron chi connectivity index (χ1n) is 9.75. The second-order valence-electron chi connectivity index (χ2n) is 7.61. The van der Waals surface area contributed by atoms with E-state index >= 15 is 0 Å². The second-order valence-corrected chi connectivity index (χ2v) is 9.32. The van der Waals surface area contributed by atoms with Crippen LogP contribution in [-0.4, -0.2) is 35.5 Å². The van der Waals surface area contributed by atoms with E-state index in [0.29, 0.717) is 12.2 Å². The normalized spacial score (nSPS) is 11.0. The zero-order valence-corrected chi connectivity index (χ0v) is 21.0. The van der Waals surface area contributed by atoms with Crippen LogP contribution < -0.4 is 4.74 Å².